The van der Waals surface area contributed by atoms with Crippen molar-refractivity contribution < 1.29 is 9.53 Å². The number of carbonyl (C=O) groups is 1. The van der Waals surface area contributed by atoms with Crippen LogP contribution in [0.2, 0.25) is 0 Å². The number of hydrogen-bond acceptors (Lipinski definition) is 4. The Hall–Kier alpha value is -2.53. The smallest absolute Gasteiger partial charge is 0.228 e. The number of aryl methyl sites for hydroxylation is 1. The molecule has 4 aliphatic rings. The van der Waals surface area contributed by atoms with Gasteiger partial charge in [-0.2, -0.15) is 0 Å². The molecule has 2 aliphatic carbocycles. The Morgan fingerprint density at radius 3 is 2.81 bits per heavy atom. The summed E-state index contributed by atoms with van der Waals surface area (Å²) in [4.78, 5) is 17.1. The number of ether oxygens (including phenoxy) is 1. The molecule has 5 nitrogen and oxygen atoms in total. The minimum Gasteiger partial charge on any atom is -0.494 e. The third-order valence-corrected chi connectivity index (χ3v) is 7.78. The van der Waals surface area contributed by atoms with E-state index in [-0.39, 0.29) is 11.8 Å². The highest BCUT2D eigenvalue weighted by molar-refractivity contribution is 5.99. The number of piperazine rings is 1. The first kappa shape index (κ1) is 20.1. The van der Waals surface area contributed by atoms with E-state index >= 15 is 0 Å². The first-order chi connectivity index (χ1) is 15.8. The van der Waals surface area contributed by atoms with Crippen LogP contribution in [0, 0.1) is 5.92 Å². The average molecular weight is 432 g/mol. The van der Waals surface area contributed by atoms with Gasteiger partial charge >= 0.3 is 0 Å². The van der Waals surface area contributed by atoms with Crippen molar-refractivity contribution in [3.8, 4) is 5.75 Å². The molecule has 6 rings (SSSR count). The number of fused-ring (bicyclic) bond motifs is 4. The molecule has 1 N–H and O–H groups in total. The van der Waals surface area contributed by atoms with Gasteiger partial charge in [0, 0.05) is 49.5 Å². The summed E-state index contributed by atoms with van der Waals surface area (Å²) in [5.74, 6) is 1.70. The molecular formula is C27H33N3O2. The molecule has 1 saturated carbocycles. The molecule has 32 heavy (non-hydrogen) atoms. The van der Waals surface area contributed by atoms with Gasteiger partial charge in [0.1, 0.15) is 5.75 Å². The van der Waals surface area contributed by atoms with Crippen molar-refractivity contribution in [3.63, 3.8) is 0 Å². The van der Waals surface area contributed by atoms with Gasteiger partial charge in [0.05, 0.1) is 6.61 Å². The van der Waals surface area contributed by atoms with Crippen LogP contribution in [-0.4, -0.2) is 50.1 Å². The molecular weight excluding hydrogens is 398 g/mol. The Balaban J connectivity index is 0.927. The molecule has 1 amide bonds. The molecule has 1 saturated heterocycles. The largest absolute Gasteiger partial charge is 0.494 e. The predicted octanol–water partition coefficient (Wildman–Crippen LogP) is 4.21. The third kappa shape index (κ3) is 3.88. The fourth-order valence-corrected chi connectivity index (χ4v) is 5.85. The van der Waals surface area contributed by atoms with Gasteiger partial charge in [-0.1, -0.05) is 18.2 Å². The normalized spacial score (nSPS) is 23.9. The van der Waals surface area contributed by atoms with Crippen LogP contribution in [0.15, 0.2) is 36.4 Å². The number of anilines is 2. The van der Waals surface area contributed by atoms with Crippen molar-refractivity contribution in [3.05, 3.63) is 53.1 Å². The van der Waals surface area contributed by atoms with E-state index in [1.807, 2.05) is 6.07 Å². The zero-order chi connectivity index (χ0) is 21.5. The lowest BCUT2D eigenvalue weighted by molar-refractivity contribution is -0.117. The number of unbranched alkanes of at least 4 members (excludes halogenated alkanes) is 1. The Morgan fingerprint density at radius 1 is 1.00 bits per heavy atom. The van der Waals surface area contributed by atoms with Gasteiger partial charge < -0.3 is 15.0 Å². The summed E-state index contributed by atoms with van der Waals surface area (Å²) in [5.41, 5.74) is 6.90. The Morgan fingerprint density at radius 2 is 1.91 bits per heavy atom. The number of rotatable bonds is 7. The standard InChI is InChI=1S/C27H33N3O2/c31-27-24-18-23(24)22-10-9-20(17-25(22)28-27)32-16-2-1-11-29-12-14-30(15-13-29)26-8-4-6-19-5-3-7-21(19)26/h4,6,8-10,17,23-24H,1-3,5,7,11-16,18H2,(H,28,31)/t23-,24-/m0/s1. The van der Waals surface area contributed by atoms with Gasteiger partial charge in [-0.15, -0.1) is 0 Å². The molecule has 0 unspecified atom stereocenters. The average Bonchev–Trinajstić information content (AvgIpc) is 3.49. The number of nitrogens with one attached hydrogen (secondary N) is 1. The quantitative estimate of drug-likeness (QED) is 0.667. The highest BCUT2D eigenvalue weighted by Crippen LogP contribution is 2.53. The molecule has 2 heterocycles. The fourth-order valence-electron chi connectivity index (χ4n) is 5.85. The second-order valence-electron chi connectivity index (χ2n) is 9.84. The predicted molar refractivity (Wildman–Crippen MR) is 128 cm³/mol. The van der Waals surface area contributed by atoms with E-state index in [0.717, 1.165) is 70.0 Å². The van der Waals surface area contributed by atoms with E-state index in [1.165, 1.54) is 30.5 Å². The van der Waals surface area contributed by atoms with Gasteiger partial charge in [-0.3, -0.25) is 9.69 Å². The van der Waals surface area contributed by atoms with Crippen LogP contribution >= 0.6 is 0 Å². The number of benzene rings is 2. The summed E-state index contributed by atoms with van der Waals surface area (Å²) in [6, 6.07) is 13.1. The topological polar surface area (TPSA) is 44.8 Å². The highest BCUT2D eigenvalue weighted by Gasteiger charge is 2.48. The van der Waals surface area contributed by atoms with Crippen molar-refractivity contribution in [1.29, 1.82) is 0 Å². The third-order valence-electron chi connectivity index (χ3n) is 7.78. The van der Waals surface area contributed by atoms with Gasteiger partial charge in [0.25, 0.3) is 0 Å². The lowest BCUT2D eigenvalue weighted by Crippen LogP contribution is -2.47. The minimum absolute atomic E-state index is 0.177. The van der Waals surface area contributed by atoms with Crippen LogP contribution < -0.4 is 15.0 Å². The van der Waals surface area contributed by atoms with E-state index in [0.29, 0.717) is 5.92 Å². The summed E-state index contributed by atoms with van der Waals surface area (Å²) in [6.45, 7) is 6.45. The first-order valence-electron chi connectivity index (χ1n) is 12.4. The maximum absolute atomic E-state index is 12.0. The van der Waals surface area contributed by atoms with Crippen molar-refractivity contribution in [2.75, 3.05) is 49.5 Å². The first-order valence-corrected chi connectivity index (χ1v) is 12.4. The van der Waals surface area contributed by atoms with Crippen LogP contribution in [0.4, 0.5) is 11.4 Å². The van der Waals surface area contributed by atoms with Gasteiger partial charge in [-0.05, 0) is 79.8 Å². The number of hydrogen-bond donors (Lipinski definition) is 1. The maximum Gasteiger partial charge on any atom is 0.228 e. The Labute approximate surface area is 190 Å². The summed E-state index contributed by atoms with van der Waals surface area (Å²) >= 11 is 0. The molecule has 0 spiro atoms. The van der Waals surface area contributed by atoms with Gasteiger partial charge in [-0.25, -0.2) is 0 Å². The van der Waals surface area contributed by atoms with Crippen molar-refractivity contribution >= 4 is 17.3 Å². The fraction of sp³-hybridized carbons (Fsp3) is 0.519. The minimum atomic E-state index is 0.177. The molecule has 5 heteroatoms. The van der Waals surface area contributed by atoms with E-state index < -0.39 is 0 Å². The molecule has 168 valence electrons. The Kier molecular flexibility index (Phi) is 5.30. The van der Waals surface area contributed by atoms with Crippen molar-refractivity contribution in [2.45, 2.75) is 44.4 Å². The molecule has 2 fully saturated rings. The van der Waals surface area contributed by atoms with E-state index in [4.69, 9.17) is 4.74 Å². The SMILES string of the molecule is O=C1Nc2cc(OCCCCN3CCN(c4cccc5c4CCC5)CC3)ccc2[C@@H]2C[C@H]12. The lowest BCUT2D eigenvalue weighted by atomic mass is 10.0. The zero-order valence-electron chi connectivity index (χ0n) is 18.8. The van der Waals surface area contributed by atoms with E-state index in [1.54, 1.807) is 11.1 Å². The summed E-state index contributed by atoms with van der Waals surface area (Å²) < 4.78 is 5.99. The molecule has 2 aromatic rings. The molecule has 0 bridgehead atoms. The molecule has 2 aliphatic heterocycles. The molecule has 0 aromatic heterocycles. The summed E-state index contributed by atoms with van der Waals surface area (Å²) in [5, 5.41) is 3.04. The summed E-state index contributed by atoms with van der Waals surface area (Å²) in [7, 11) is 0. The van der Waals surface area contributed by atoms with Crippen molar-refractivity contribution in [1.82, 2.24) is 4.90 Å². The molecule has 2 aromatic carbocycles. The molecule has 0 radical (unpaired) electrons. The lowest BCUT2D eigenvalue weighted by Gasteiger charge is -2.37. The number of nitrogens with zero attached hydrogens (tertiary/aromatic N) is 2. The zero-order valence-corrected chi connectivity index (χ0v) is 18.8. The second kappa shape index (κ2) is 8.43. The Bertz CT molecular complexity index is 1010. The van der Waals surface area contributed by atoms with Crippen LogP contribution in [0.5, 0.6) is 5.75 Å². The van der Waals surface area contributed by atoms with E-state index in [2.05, 4.69) is 45.4 Å². The van der Waals surface area contributed by atoms with Crippen LogP contribution in [0.3, 0.4) is 0 Å². The van der Waals surface area contributed by atoms with E-state index in [9.17, 15) is 4.79 Å². The number of amides is 1. The van der Waals surface area contributed by atoms with Crippen LogP contribution in [0.1, 0.15) is 48.3 Å². The maximum atomic E-state index is 12.0. The summed E-state index contributed by atoms with van der Waals surface area (Å²) in [6.07, 6.45) is 7.04. The van der Waals surface area contributed by atoms with Crippen molar-refractivity contribution in [2.24, 2.45) is 5.92 Å². The molecule has 2 atom stereocenters. The second-order valence-corrected chi connectivity index (χ2v) is 9.84. The van der Waals surface area contributed by atoms with Gasteiger partial charge in [0.2, 0.25) is 5.91 Å². The van der Waals surface area contributed by atoms with Gasteiger partial charge in [0.15, 0.2) is 0 Å². The number of carbonyl (C=O) groups excluding carboxylic acids is 1. The van der Waals surface area contributed by atoms with Crippen LogP contribution in [-0.2, 0) is 17.6 Å². The monoisotopic (exact) mass is 431 g/mol. The highest BCUT2D eigenvalue weighted by atomic mass is 16.5. The van der Waals surface area contributed by atoms with Crippen LogP contribution in [0.25, 0.3) is 0 Å².